The summed E-state index contributed by atoms with van der Waals surface area (Å²) in [5, 5.41) is 3.92. The second kappa shape index (κ2) is 6.62. The van der Waals surface area contributed by atoms with E-state index in [4.69, 9.17) is 11.6 Å². The predicted octanol–water partition coefficient (Wildman–Crippen LogP) is 2.42. The Labute approximate surface area is 107 Å². The third-order valence-corrected chi connectivity index (χ3v) is 2.80. The number of esters is 1. The minimum atomic E-state index is -0.290. The molecule has 94 valence electrons. The molecule has 1 aromatic carbocycles. The van der Waals surface area contributed by atoms with Gasteiger partial charge < -0.3 is 10.1 Å². The van der Waals surface area contributed by atoms with Gasteiger partial charge in [0.05, 0.1) is 7.11 Å². The van der Waals surface area contributed by atoms with Gasteiger partial charge in [-0.3, -0.25) is 4.79 Å². The second-order valence-electron chi connectivity index (χ2n) is 4.14. The van der Waals surface area contributed by atoms with Crippen LogP contribution in [-0.2, 0) is 16.0 Å². The molecule has 1 N–H and O–H groups in total. The van der Waals surface area contributed by atoms with Crippen LogP contribution >= 0.6 is 11.6 Å². The van der Waals surface area contributed by atoms with Crippen molar-refractivity contribution < 1.29 is 9.53 Å². The summed E-state index contributed by atoms with van der Waals surface area (Å²) >= 11 is 5.82. The smallest absolute Gasteiger partial charge is 0.322 e. The number of methoxy groups -OCH3 is 1. The highest BCUT2D eigenvalue weighted by Crippen LogP contribution is 2.11. The minimum Gasteiger partial charge on any atom is -0.468 e. The van der Waals surface area contributed by atoms with Crippen LogP contribution in [0, 0.1) is 0 Å². The molecule has 0 aliphatic rings. The summed E-state index contributed by atoms with van der Waals surface area (Å²) in [7, 11) is 1.39. The van der Waals surface area contributed by atoms with Crippen molar-refractivity contribution in [3.8, 4) is 0 Å². The summed E-state index contributed by atoms with van der Waals surface area (Å²) in [5.74, 6) is -0.243. The Balaban J connectivity index is 2.46. The van der Waals surface area contributed by atoms with Crippen molar-refractivity contribution in [2.45, 2.75) is 32.4 Å². The van der Waals surface area contributed by atoms with Crippen LogP contribution in [0.25, 0.3) is 0 Å². The van der Waals surface area contributed by atoms with Gasteiger partial charge in [-0.1, -0.05) is 23.7 Å². The van der Waals surface area contributed by atoms with E-state index in [0.29, 0.717) is 0 Å². The first-order chi connectivity index (χ1) is 8.02. The molecule has 4 heteroatoms. The first-order valence-corrected chi connectivity index (χ1v) is 5.99. The van der Waals surface area contributed by atoms with Gasteiger partial charge in [-0.05, 0) is 38.0 Å². The van der Waals surface area contributed by atoms with Crippen molar-refractivity contribution in [1.82, 2.24) is 5.32 Å². The molecule has 0 saturated heterocycles. The minimum absolute atomic E-state index is 0.199. The van der Waals surface area contributed by atoms with Gasteiger partial charge in [0, 0.05) is 11.1 Å². The lowest BCUT2D eigenvalue weighted by molar-refractivity contribution is -0.142. The molecule has 0 saturated carbocycles. The molecule has 0 aromatic heterocycles. The van der Waals surface area contributed by atoms with Gasteiger partial charge in [0.25, 0.3) is 0 Å². The second-order valence-corrected chi connectivity index (χ2v) is 4.58. The number of carbonyl (C=O) groups excluding carboxylic acids is 1. The number of hydrogen-bond acceptors (Lipinski definition) is 3. The van der Waals surface area contributed by atoms with Crippen LogP contribution in [-0.4, -0.2) is 25.2 Å². The monoisotopic (exact) mass is 255 g/mol. The van der Waals surface area contributed by atoms with E-state index in [-0.39, 0.29) is 18.1 Å². The number of hydrogen-bond donors (Lipinski definition) is 1. The van der Waals surface area contributed by atoms with Crippen molar-refractivity contribution in [1.29, 1.82) is 0 Å². The Morgan fingerprint density at radius 3 is 2.47 bits per heavy atom. The molecule has 2 atom stereocenters. The Bertz CT molecular complexity index is 364. The van der Waals surface area contributed by atoms with E-state index in [9.17, 15) is 4.79 Å². The topological polar surface area (TPSA) is 38.3 Å². The highest BCUT2D eigenvalue weighted by atomic mass is 35.5. The molecule has 3 nitrogen and oxygen atoms in total. The maximum atomic E-state index is 11.2. The van der Waals surface area contributed by atoms with Crippen LogP contribution in [0.2, 0.25) is 5.02 Å². The fourth-order valence-electron chi connectivity index (χ4n) is 1.70. The molecule has 0 spiro atoms. The van der Waals surface area contributed by atoms with Crippen molar-refractivity contribution >= 4 is 17.6 Å². The van der Waals surface area contributed by atoms with E-state index < -0.39 is 0 Å². The van der Waals surface area contributed by atoms with Gasteiger partial charge in [-0.25, -0.2) is 0 Å². The Morgan fingerprint density at radius 1 is 1.35 bits per heavy atom. The Kier molecular flexibility index (Phi) is 5.45. The van der Waals surface area contributed by atoms with Crippen molar-refractivity contribution in [2.24, 2.45) is 0 Å². The van der Waals surface area contributed by atoms with Crippen LogP contribution in [0.3, 0.4) is 0 Å². The van der Waals surface area contributed by atoms with E-state index in [1.807, 2.05) is 31.2 Å². The fourth-order valence-corrected chi connectivity index (χ4v) is 1.83. The zero-order valence-electron chi connectivity index (χ0n) is 10.4. The van der Waals surface area contributed by atoms with E-state index in [1.165, 1.54) is 12.7 Å². The number of ether oxygens (including phenoxy) is 1. The SMILES string of the molecule is COC(=O)C(C)NC(C)Cc1ccc(Cl)cc1. The van der Waals surface area contributed by atoms with Gasteiger partial charge in [-0.2, -0.15) is 0 Å². The molecule has 0 fully saturated rings. The Hall–Kier alpha value is -1.06. The molecule has 0 heterocycles. The average Bonchev–Trinajstić information content (AvgIpc) is 2.30. The first kappa shape index (κ1) is 14.0. The van der Waals surface area contributed by atoms with Gasteiger partial charge >= 0.3 is 5.97 Å². The summed E-state index contributed by atoms with van der Waals surface area (Å²) in [6.45, 7) is 3.83. The molecule has 1 rings (SSSR count). The predicted molar refractivity (Wildman–Crippen MR) is 69.2 cm³/mol. The van der Waals surface area contributed by atoms with Crippen LogP contribution < -0.4 is 5.32 Å². The lowest BCUT2D eigenvalue weighted by Gasteiger charge is -2.18. The Morgan fingerprint density at radius 2 is 1.94 bits per heavy atom. The third kappa shape index (κ3) is 4.75. The molecule has 2 unspecified atom stereocenters. The lowest BCUT2D eigenvalue weighted by Crippen LogP contribution is -2.41. The van der Waals surface area contributed by atoms with Crippen LogP contribution in [0.15, 0.2) is 24.3 Å². The molecule has 0 aliphatic carbocycles. The molecular weight excluding hydrogens is 238 g/mol. The van der Waals surface area contributed by atoms with Gasteiger partial charge in [0.2, 0.25) is 0 Å². The molecule has 17 heavy (non-hydrogen) atoms. The average molecular weight is 256 g/mol. The standard InChI is InChI=1S/C13H18ClNO2/c1-9(15-10(2)13(16)17-3)8-11-4-6-12(14)7-5-11/h4-7,9-10,15H,8H2,1-3H3. The van der Waals surface area contributed by atoms with Crippen molar-refractivity contribution in [3.63, 3.8) is 0 Å². The first-order valence-electron chi connectivity index (χ1n) is 5.61. The lowest BCUT2D eigenvalue weighted by atomic mass is 10.1. The van der Waals surface area contributed by atoms with Crippen LogP contribution in [0.1, 0.15) is 19.4 Å². The van der Waals surface area contributed by atoms with Gasteiger partial charge in [0.15, 0.2) is 0 Å². The zero-order chi connectivity index (χ0) is 12.8. The van der Waals surface area contributed by atoms with E-state index in [2.05, 4.69) is 10.1 Å². The summed E-state index contributed by atoms with van der Waals surface area (Å²) < 4.78 is 4.66. The molecule has 0 aliphatic heterocycles. The number of halogens is 1. The third-order valence-electron chi connectivity index (χ3n) is 2.54. The number of nitrogens with one attached hydrogen (secondary N) is 1. The summed E-state index contributed by atoms with van der Waals surface area (Å²) in [5.41, 5.74) is 1.19. The van der Waals surface area contributed by atoms with Crippen LogP contribution in [0.4, 0.5) is 0 Å². The van der Waals surface area contributed by atoms with Crippen molar-refractivity contribution in [2.75, 3.05) is 7.11 Å². The fraction of sp³-hybridized carbons (Fsp3) is 0.462. The molecule has 0 radical (unpaired) electrons. The highest BCUT2D eigenvalue weighted by Gasteiger charge is 2.15. The quantitative estimate of drug-likeness (QED) is 0.822. The maximum Gasteiger partial charge on any atom is 0.322 e. The molecular formula is C13H18ClNO2. The zero-order valence-corrected chi connectivity index (χ0v) is 11.1. The normalized spacial score (nSPS) is 14.1. The highest BCUT2D eigenvalue weighted by molar-refractivity contribution is 6.30. The molecule has 0 bridgehead atoms. The molecule has 0 amide bonds. The summed E-state index contributed by atoms with van der Waals surface area (Å²) in [6.07, 6.45) is 0.846. The van der Waals surface area contributed by atoms with E-state index in [0.717, 1.165) is 11.4 Å². The maximum absolute atomic E-state index is 11.2. The van der Waals surface area contributed by atoms with Gasteiger partial charge in [0.1, 0.15) is 6.04 Å². The van der Waals surface area contributed by atoms with E-state index >= 15 is 0 Å². The van der Waals surface area contributed by atoms with Crippen LogP contribution in [0.5, 0.6) is 0 Å². The number of benzene rings is 1. The summed E-state index contributed by atoms with van der Waals surface area (Å²) in [6, 6.07) is 7.63. The van der Waals surface area contributed by atoms with E-state index in [1.54, 1.807) is 6.92 Å². The van der Waals surface area contributed by atoms with Crippen molar-refractivity contribution in [3.05, 3.63) is 34.9 Å². The van der Waals surface area contributed by atoms with Gasteiger partial charge in [-0.15, -0.1) is 0 Å². The number of carbonyl (C=O) groups is 1. The molecule has 1 aromatic rings. The number of rotatable bonds is 5. The largest absolute Gasteiger partial charge is 0.468 e. The summed E-state index contributed by atoms with van der Waals surface area (Å²) in [4.78, 5) is 11.2.